The summed E-state index contributed by atoms with van der Waals surface area (Å²) >= 11 is 0.893. The van der Waals surface area contributed by atoms with E-state index >= 15 is 0 Å². The molecular formula is C17H17F2NO4S. The van der Waals surface area contributed by atoms with Crippen molar-refractivity contribution >= 4 is 22.9 Å². The fourth-order valence-electron chi connectivity index (χ4n) is 2.13. The number of aromatic nitrogens is 1. The average Bonchev–Trinajstić information content (AvgIpc) is 2.99. The summed E-state index contributed by atoms with van der Waals surface area (Å²) in [5, 5.41) is -0.282. The van der Waals surface area contributed by atoms with Crippen LogP contribution in [0.25, 0.3) is 5.57 Å². The van der Waals surface area contributed by atoms with Gasteiger partial charge in [0.05, 0.1) is 25.4 Å². The van der Waals surface area contributed by atoms with Gasteiger partial charge in [0.15, 0.2) is 5.01 Å². The molecule has 25 heavy (non-hydrogen) atoms. The van der Waals surface area contributed by atoms with E-state index in [1.54, 1.807) is 31.2 Å². The number of nitrogens with zero attached hydrogens (tertiary/aromatic N) is 1. The summed E-state index contributed by atoms with van der Waals surface area (Å²) in [6.45, 7) is 1.72. The molecule has 1 aromatic carbocycles. The van der Waals surface area contributed by atoms with E-state index < -0.39 is 12.4 Å². The molecule has 1 aromatic heterocycles. The minimum atomic E-state index is -2.64. The number of ether oxygens (including phenoxy) is 3. The van der Waals surface area contributed by atoms with Crippen molar-refractivity contribution in [1.82, 2.24) is 4.98 Å². The molecule has 0 aliphatic carbocycles. The van der Waals surface area contributed by atoms with E-state index in [1.165, 1.54) is 20.5 Å². The SMILES string of the molecule is CO/C=C(/C(=O)OC)c1ccccc1COc1nc(C(F)F)sc1C. The molecule has 134 valence electrons. The molecule has 0 aliphatic rings. The van der Waals surface area contributed by atoms with Gasteiger partial charge in [-0.25, -0.2) is 18.6 Å². The second-order valence-corrected chi connectivity index (χ2v) is 6.15. The zero-order valence-electron chi connectivity index (χ0n) is 13.9. The molecule has 0 N–H and O–H groups in total. The molecule has 1 heterocycles. The number of rotatable bonds is 7. The first-order valence-corrected chi connectivity index (χ1v) is 8.07. The van der Waals surface area contributed by atoms with Crippen molar-refractivity contribution in [3.05, 3.63) is 51.5 Å². The molecule has 0 unspecified atom stereocenters. The predicted molar refractivity (Wildman–Crippen MR) is 89.6 cm³/mol. The van der Waals surface area contributed by atoms with Crippen molar-refractivity contribution in [3.8, 4) is 5.88 Å². The Morgan fingerprint density at radius 3 is 2.64 bits per heavy atom. The maximum absolute atomic E-state index is 12.7. The molecule has 0 bridgehead atoms. The molecule has 0 saturated carbocycles. The van der Waals surface area contributed by atoms with Crippen LogP contribution in [0.15, 0.2) is 30.5 Å². The van der Waals surface area contributed by atoms with Crippen molar-refractivity contribution in [1.29, 1.82) is 0 Å². The zero-order chi connectivity index (χ0) is 18.4. The maximum atomic E-state index is 12.7. The van der Waals surface area contributed by atoms with E-state index in [-0.39, 0.29) is 23.1 Å². The summed E-state index contributed by atoms with van der Waals surface area (Å²) < 4.78 is 40.7. The Kier molecular flexibility index (Phi) is 6.46. The first-order chi connectivity index (χ1) is 12.0. The van der Waals surface area contributed by atoms with E-state index in [9.17, 15) is 13.6 Å². The van der Waals surface area contributed by atoms with Gasteiger partial charge in [-0.15, -0.1) is 11.3 Å². The number of hydrogen-bond acceptors (Lipinski definition) is 6. The van der Waals surface area contributed by atoms with E-state index in [0.29, 0.717) is 16.0 Å². The van der Waals surface area contributed by atoms with Gasteiger partial charge < -0.3 is 14.2 Å². The second kappa shape index (κ2) is 8.57. The normalized spacial score (nSPS) is 11.5. The number of alkyl halides is 2. The Hall–Kier alpha value is -2.48. The molecular weight excluding hydrogens is 352 g/mol. The van der Waals surface area contributed by atoms with Gasteiger partial charge in [0.2, 0.25) is 5.88 Å². The molecule has 0 atom stereocenters. The minimum Gasteiger partial charge on any atom is -0.503 e. The van der Waals surface area contributed by atoms with Crippen LogP contribution in [-0.4, -0.2) is 25.2 Å². The highest BCUT2D eigenvalue weighted by molar-refractivity contribution is 7.11. The maximum Gasteiger partial charge on any atom is 0.341 e. The van der Waals surface area contributed by atoms with Crippen molar-refractivity contribution in [2.24, 2.45) is 0 Å². The first-order valence-electron chi connectivity index (χ1n) is 7.25. The molecule has 8 heteroatoms. The van der Waals surface area contributed by atoms with Gasteiger partial charge in [0.1, 0.15) is 12.2 Å². The average molecular weight is 369 g/mol. The van der Waals surface area contributed by atoms with E-state index in [2.05, 4.69) is 4.98 Å². The Bertz CT molecular complexity index is 774. The molecule has 5 nitrogen and oxygen atoms in total. The van der Waals surface area contributed by atoms with Gasteiger partial charge in [0.25, 0.3) is 6.43 Å². The zero-order valence-corrected chi connectivity index (χ0v) is 14.7. The quantitative estimate of drug-likeness (QED) is 0.417. The topological polar surface area (TPSA) is 57.7 Å². The number of methoxy groups -OCH3 is 2. The summed E-state index contributed by atoms with van der Waals surface area (Å²) in [6.07, 6.45) is -1.35. The number of thiazole rings is 1. The molecule has 0 radical (unpaired) electrons. The highest BCUT2D eigenvalue weighted by atomic mass is 32.1. The highest BCUT2D eigenvalue weighted by Crippen LogP contribution is 2.31. The molecule has 0 fully saturated rings. The summed E-state index contributed by atoms with van der Waals surface area (Å²) in [6, 6.07) is 7.02. The number of esters is 1. The number of carbonyl (C=O) groups excluding carboxylic acids is 1. The third-order valence-corrected chi connectivity index (χ3v) is 4.23. The van der Waals surface area contributed by atoms with Crippen LogP contribution >= 0.6 is 11.3 Å². The Morgan fingerprint density at radius 1 is 1.32 bits per heavy atom. The largest absolute Gasteiger partial charge is 0.503 e. The summed E-state index contributed by atoms with van der Waals surface area (Å²) in [4.78, 5) is 16.3. The molecule has 0 saturated heterocycles. The molecule has 0 spiro atoms. The summed E-state index contributed by atoms with van der Waals surface area (Å²) in [7, 11) is 2.70. The number of carbonyl (C=O) groups is 1. The highest BCUT2D eigenvalue weighted by Gasteiger charge is 2.19. The van der Waals surface area contributed by atoms with Gasteiger partial charge in [-0.1, -0.05) is 24.3 Å². The monoisotopic (exact) mass is 369 g/mol. The molecule has 0 amide bonds. The standard InChI is InChI=1S/C17H17F2NO4S/c1-10-15(20-16(25-10)14(18)19)24-8-11-6-4-5-7-12(11)13(9-22-2)17(21)23-3/h4-7,9,14H,8H2,1-3H3/b13-9+. The van der Waals surface area contributed by atoms with Crippen LogP contribution in [0.2, 0.25) is 0 Å². The van der Waals surface area contributed by atoms with E-state index in [4.69, 9.17) is 14.2 Å². The Labute approximate surface area is 147 Å². The van der Waals surface area contributed by atoms with Gasteiger partial charge in [-0.05, 0) is 18.1 Å². The van der Waals surface area contributed by atoms with E-state index in [0.717, 1.165) is 11.3 Å². The van der Waals surface area contributed by atoms with Crippen LogP contribution in [0.4, 0.5) is 8.78 Å². The van der Waals surface area contributed by atoms with Crippen molar-refractivity contribution in [2.75, 3.05) is 14.2 Å². The fraction of sp³-hybridized carbons (Fsp3) is 0.294. The van der Waals surface area contributed by atoms with Gasteiger partial charge in [-0.2, -0.15) is 0 Å². The number of benzene rings is 1. The van der Waals surface area contributed by atoms with Crippen molar-refractivity contribution < 1.29 is 27.8 Å². The minimum absolute atomic E-state index is 0.0570. The van der Waals surface area contributed by atoms with Crippen LogP contribution in [0.5, 0.6) is 5.88 Å². The Balaban J connectivity index is 2.26. The number of halogens is 2. The Morgan fingerprint density at radius 2 is 2.04 bits per heavy atom. The predicted octanol–water partition coefficient (Wildman–Crippen LogP) is 4.13. The summed E-state index contributed by atoms with van der Waals surface area (Å²) in [5.41, 5.74) is 1.47. The smallest absolute Gasteiger partial charge is 0.341 e. The van der Waals surface area contributed by atoms with Crippen LogP contribution in [0.3, 0.4) is 0 Å². The lowest BCUT2D eigenvalue weighted by Gasteiger charge is -2.12. The first kappa shape index (κ1) is 18.9. The molecule has 0 aliphatic heterocycles. The van der Waals surface area contributed by atoms with Crippen LogP contribution < -0.4 is 4.74 Å². The number of aryl methyl sites for hydroxylation is 1. The molecule has 2 aromatic rings. The lowest BCUT2D eigenvalue weighted by molar-refractivity contribution is -0.133. The lowest BCUT2D eigenvalue weighted by Crippen LogP contribution is -2.08. The third-order valence-electron chi connectivity index (χ3n) is 3.27. The fourth-order valence-corrected chi connectivity index (χ4v) is 2.86. The van der Waals surface area contributed by atoms with Crippen LogP contribution in [-0.2, 0) is 20.9 Å². The van der Waals surface area contributed by atoms with Crippen molar-refractivity contribution in [2.45, 2.75) is 20.0 Å². The summed E-state index contributed by atoms with van der Waals surface area (Å²) in [5.74, 6) is -0.399. The lowest BCUT2D eigenvalue weighted by atomic mass is 10.0. The molecule has 2 rings (SSSR count). The van der Waals surface area contributed by atoms with Crippen molar-refractivity contribution in [3.63, 3.8) is 0 Å². The van der Waals surface area contributed by atoms with E-state index in [1.807, 2.05) is 0 Å². The van der Waals surface area contributed by atoms with Gasteiger partial charge in [-0.3, -0.25) is 0 Å². The second-order valence-electron chi connectivity index (χ2n) is 4.92. The van der Waals surface area contributed by atoms with Crippen LogP contribution in [0, 0.1) is 6.92 Å². The van der Waals surface area contributed by atoms with Gasteiger partial charge in [0, 0.05) is 0 Å². The van der Waals surface area contributed by atoms with Gasteiger partial charge >= 0.3 is 5.97 Å². The van der Waals surface area contributed by atoms with Crippen LogP contribution in [0.1, 0.15) is 27.4 Å². The third kappa shape index (κ3) is 4.54. The number of hydrogen-bond donors (Lipinski definition) is 0.